The molecule has 1 aliphatic rings. The van der Waals surface area contributed by atoms with Gasteiger partial charge in [-0.25, -0.2) is 4.98 Å². The lowest BCUT2D eigenvalue weighted by Crippen LogP contribution is -2.29. The molecule has 0 amide bonds. The Labute approximate surface area is 101 Å². The molecule has 1 aliphatic heterocycles. The molecule has 2 rings (SSSR count). The number of hydrogen-bond donors (Lipinski definition) is 1. The Balaban J connectivity index is 1.97. The van der Waals surface area contributed by atoms with Crippen molar-refractivity contribution in [1.82, 2.24) is 9.36 Å². The second-order valence-corrected chi connectivity index (χ2v) is 5.33. The molecular formula is C11H20N4S. The van der Waals surface area contributed by atoms with Gasteiger partial charge < -0.3 is 10.6 Å². The Hall–Kier alpha value is -0.680. The summed E-state index contributed by atoms with van der Waals surface area (Å²) in [7, 11) is 0. The zero-order chi connectivity index (χ0) is 11.5. The summed E-state index contributed by atoms with van der Waals surface area (Å²) in [5.74, 6) is 1.60. The van der Waals surface area contributed by atoms with Crippen molar-refractivity contribution < 1.29 is 0 Å². The highest BCUT2D eigenvalue weighted by molar-refractivity contribution is 7.09. The molecule has 1 aromatic heterocycles. The molecule has 2 heterocycles. The van der Waals surface area contributed by atoms with Crippen LogP contribution in [0.1, 0.15) is 32.5 Å². The van der Waals surface area contributed by atoms with Crippen LogP contribution in [0, 0.1) is 5.92 Å². The van der Waals surface area contributed by atoms with Crippen molar-refractivity contribution in [2.45, 2.75) is 39.2 Å². The van der Waals surface area contributed by atoms with Gasteiger partial charge in [-0.3, -0.25) is 0 Å². The van der Waals surface area contributed by atoms with Crippen LogP contribution >= 0.6 is 11.5 Å². The highest BCUT2D eigenvalue weighted by atomic mass is 32.1. The maximum absolute atomic E-state index is 5.93. The predicted molar refractivity (Wildman–Crippen MR) is 67.9 cm³/mol. The fourth-order valence-corrected chi connectivity index (χ4v) is 2.84. The van der Waals surface area contributed by atoms with Crippen LogP contribution in [0.2, 0.25) is 0 Å². The van der Waals surface area contributed by atoms with Crippen LogP contribution in [0.5, 0.6) is 0 Å². The quantitative estimate of drug-likeness (QED) is 0.869. The third-order valence-electron chi connectivity index (χ3n) is 3.17. The minimum atomic E-state index is 0.285. The molecule has 0 bridgehead atoms. The van der Waals surface area contributed by atoms with E-state index in [-0.39, 0.29) is 6.04 Å². The average Bonchev–Trinajstić information content (AvgIpc) is 2.84. The number of rotatable bonds is 4. The van der Waals surface area contributed by atoms with Gasteiger partial charge in [0.25, 0.3) is 0 Å². The fraction of sp³-hybridized carbons (Fsp3) is 0.818. The maximum atomic E-state index is 5.93. The third kappa shape index (κ3) is 2.52. The molecule has 1 fully saturated rings. The van der Waals surface area contributed by atoms with Crippen LogP contribution < -0.4 is 10.6 Å². The smallest absolute Gasteiger partial charge is 0.205 e. The first-order chi connectivity index (χ1) is 7.70. The molecule has 1 aromatic rings. The molecule has 0 aliphatic carbocycles. The van der Waals surface area contributed by atoms with Gasteiger partial charge in [-0.1, -0.05) is 6.92 Å². The molecule has 4 nitrogen and oxygen atoms in total. The van der Waals surface area contributed by atoms with Crippen LogP contribution in [0.15, 0.2) is 0 Å². The minimum absolute atomic E-state index is 0.285. The van der Waals surface area contributed by atoms with E-state index in [9.17, 15) is 0 Å². The van der Waals surface area contributed by atoms with E-state index >= 15 is 0 Å². The van der Waals surface area contributed by atoms with Gasteiger partial charge in [0.15, 0.2) is 0 Å². The van der Waals surface area contributed by atoms with Crippen LogP contribution in [0.25, 0.3) is 0 Å². The van der Waals surface area contributed by atoms with Gasteiger partial charge in [-0.05, 0) is 25.7 Å². The summed E-state index contributed by atoms with van der Waals surface area (Å²) in [4.78, 5) is 6.89. The highest BCUT2D eigenvalue weighted by Gasteiger charge is 2.27. The van der Waals surface area contributed by atoms with Crippen molar-refractivity contribution in [3.8, 4) is 0 Å². The van der Waals surface area contributed by atoms with E-state index in [2.05, 4.69) is 28.1 Å². The third-order valence-corrected chi connectivity index (χ3v) is 3.98. The molecule has 1 saturated heterocycles. The second-order valence-electron chi connectivity index (χ2n) is 4.60. The second kappa shape index (κ2) is 5.10. The molecule has 5 heteroatoms. The van der Waals surface area contributed by atoms with E-state index in [0.29, 0.717) is 5.92 Å². The number of anilines is 1. The van der Waals surface area contributed by atoms with Gasteiger partial charge in [-0.15, -0.1) is 0 Å². The lowest BCUT2D eigenvalue weighted by molar-refractivity contribution is 0.488. The topological polar surface area (TPSA) is 55.0 Å². The van der Waals surface area contributed by atoms with E-state index in [0.717, 1.165) is 36.9 Å². The maximum Gasteiger partial charge on any atom is 0.205 e. The summed E-state index contributed by atoms with van der Waals surface area (Å²) in [6, 6.07) is 0.285. The first-order valence-electron chi connectivity index (χ1n) is 6.03. The van der Waals surface area contributed by atoms with Crippen molar-refractivity contribution >= 4 is 16.7 Å². The monoisotopic (exact) mass is 240 g/mol. The molecule has 0 spiro atoms. The van der Waals surface area contributed by atoms with Crippen LogP contribution in [0.3, 0.4) is 0 Å². The number of aromatic nitrogens is 2. The Morgan fingerprint density at radius 1 is 1.62 bits per heavy atom. The SMILES string of the molecule is CCCc1nsc(N2CCC(C(C)N)C2)n1. The Bertz CT molecular complexity index is 336. The van der Waals surface area contributed by atoms with Crippen LogP contribution in [0.4, 0.5) is 5.13 Å². The van der Waals surface area contributed by atoms with Crippen LogP contribution in [-0.4, -0.2) is 28.5 Å². The van der Waals surface area contributed by atoms with E-state index < -0.39 is 0 Å². The van der Waals surface area contributed by atoms with Crippen molar-refractivity contribution in [1.29, 1.82) is 0 Å². The summed E-state index contributed by atoms with van der Waals surface area (Å²) in [5, 5.41) is 1.08. The van der Waals surface area contributed by atoms with E-state index in [1.807, 2.05) is 0 Å². The molecule has 2 N–H and O–H groups in total. The molecule has 0 aromatic carbocycles. The number of aryl methyl sites for hydroxylation is 1. The number of nitrogens with two attached hydrogens (primary N) is 1. The molecule has 2 unspecified atom stereocenters. The van der Waals surface area contributed by atoms with Crippen molar-refractivity contribution in [3.63, 3.8) is 0 Å². The van der Waals surface area contributed by atoms with E-state index in [1.165, 1.54) is 18.0 Å². The fourth-order valence-electron chi connectivity index (χ4n) is 2.09. The predicted octanol–water partition coefficient (Wildman–Crippen LogP) is 1.66. The normalized spacial score (nSPS) is 22.7. The largest absolute Gasteiger partial charge is 0.347 e. The lowest BCUT2D eigenvalue weighted by Gasteiger charge is -2.16. The van der Waals surface area contributed by atoms with Crippen molar-refractivity contribution in [3.05, 3.63) is 5.82 Å². The van der Waals surface area contributed by atoms with Gasteiger partial charge in [0, 0.05) is 37.1 Å². The summed E-state index contributed by atoms with van der Waals surface area (Å²) in [6.45, 7) is 6.37. The lowest BCUT2D eigenvalue weighted by atomic mass is 10.0. The summed E-state index contributed by atoms with van der Waals surface area (Å²) in [6.07, 6.45) is 3.28. The zero-order valence-electron chi connectivity index (χ0n) is 10.0. The van der Waals surface area contributed by atoms with Gasteiger partial charge in [0.05, 0.1) is 0 Å². The molecule has 90 valence electrons. The van der Waals surface area contributed by atoms with E-state index in [4.69, 9.17) is 5.73 Å². The summed E-state index contributed by atoms with van der Waals surface area (Å²) >= 11 is 1.52. The number of hydrogen-bond acceptors (Lipinski definition) is 5. The molecule has 0 radical (unpaired) electrons. The Morgan fingerprint density at radius 2 is 2.44 bits per heavy atom. The Morgan fingerprint density at radius 3 is 3.06 bits per heavy atom. The molecule has 0 saturated carbocycles. The Kier molecular flexibility index (Phi) is 3.76. The van der Waals surface area contributed by atoms with Gasteiger partial charge >= 0.3 is 0 Å². The van der Waals surface area contributed by atoms with Crippen molar-refractivity contribution in [2.24, 2.45) is 11.7 Å². The van der Waals surface area contributed by atoms with Crippen molar-refractivity contribution in [2.75, 3.05) is 18.0 Å². The summed E-state index contributed by atoms with van der Waals surface area (Å²) in [5.41, 5.74) is 5.93. The average molecular weight is 240 g/mol. The van der Waals surface area contributed by atoms with Crippen LogP contribution in [-0.2, 0) is 6.42 Å². The molecule has 16 heavy (non-hydrogen) atoms. The first-order valence-corrected chi connectivity index (χ1v) is 6.81. The standard InChI is InChI=1S/C11H20N4S/c1-3-4-10-13-11(16-14-10)15-6-5-9(7-15)8(2)12/h8-9H,3-7,12H2,1-2H3. The zero-order valence-corrected chi connectivity index (χ0v) is 10.8. The highest BCUT2D eigenvalue weighted by Crippen LogP contribution is 2.26. The molecule has 2 atom stereocenters. The number of nitrogens with zero attached hydrogens (tertiary/aromatic N) is 3. The van der Waals surface area contributed by atoms with Gasteiger partial charge in [0.2, 0.25) is 5.13 Å². The summed E-state index contributed by atoms with van der Waals surface area (Å²) < 4.78 is 4.38. The van der Waals surface area contributed by atoms with Gasteiger partial charge in [-0.2, -0.15) is 4.37 Å². The minimum Gasteiger partial charge on any atom is -0.347 e. The van der Waals surface area contributed by atoms with Gasteiger partial charge in [0.1, 0.15) is 5.82 Å². The molecular weight excluding hydrogens is 220 g/mol. The first kappa shape index (κ1) is 11.8. The van der Waals surface area contributed by atoms with E-state index in [1.54, 1.807) is 0 Å².